The van der Waals surface area contributed by atoms with Crippen molar-refractivity contribution >= 4 is 6.09 Å². The predicted molar refractivity (Wildman–Crippen MR) is 88.4 cm³/mol. The average molecular weight is 305 g/mol. The number of alkyl carbamates (subject to hydrolysis) is 1. The maximum Gasteiger partial charge on any atom is 0.412 e. The van der Waals surface area contributed by atoms with Crippen LogP contribution in [0.2, 0.25) is 0 Å². The fourth-order valence-corrected chi connectivity index (χ4v) is 4.68. The van der Waals surface area contributed by atoms with Gasteiger partial charge in [0, 0.05) is 11.5 Å². The highest BCUT2D eigenvalue weighted by Crippen LogP contribution is 2.65. The number of carbonyl (C=O) groups excluding carboxylic acids is 1. The van der Waals surface area contributed by atoms with Gasteiger partial charge in [0.05, 0.1) is 0 Å². The molecule has 1 N–H and O–H groups in total. The molecule has 2 fully saturated rings. The van der Waals surface area contributed by atoms with Gasteiger partial charge in [-0.25, -0.2) is 4.79 Å². The zero-order chi connectivity index (χ0) is 15.8. The van der Waals surface area contributed by atoms with Crippen LogP contribution >= 0.6 is 0 Å². The molecule has 3 aliphatic carbocycles. The highest BCUT2D eigenvalue weighted by atomic mass is 16.6. The van der Waals surface area contributed by atoms with Gasteiger partial charge in [0.15, 0.2) is 0 Å². The van der Waals surface area contributed by atoms with Gasteiger partial charge in [-0.3, -0.25) is 0 Å². The summed E-state index contributed by atoms with van der Waals surface area (Å²) < 4.78 is 5.77. The molecular weight excluding hydrogens is 274 g/mol. The predicted octanol–water partition coefficient (Wildman–Crippen LogP) is 5.17. The van der Waals surface area contributed by atoms with Crippen LogP contribution in [0.3, 0.4) is 0 Å². The number of rotatable bonds is 2. The van der Waals surface area contributed by atoms with Gasteiger partial charge in [0.1, 0.15) is 5.76 Å². The molecule has 3 nitrogen and oxygen atoms in total. The molecule has 0 heterocycles. The molecule has 0 radical (unpaired) electrons. The topological polar surface area (TPSA) is 38.3 Å². The fraction of sp³-hybridized carbons (Fsp3) is 0.842. The van der Waals surface area contributed by atoms with E-state index >= 15 is 0 Å². The number of amides is 1. The largest absolute Gasteiger partial charge is 0.415 e. The Labute approximate surface area is 134 Å². The van der Waals surface area contributed by atoms with Crippen molar-refractivity contribution in [2.24, 2.45) is 16.7 Å². The van der Waals surface area contributed by atoms with E-state index in [0.29, 0.717) is 12.0 Å². The lowest BCUT2D eigenvalue weighted by Gasteiger charge is -2.36. The minimum absolute atomic E-state index is 0.0238. The second-order valence-corrected chi connectivity index (χ2v) is 8.31. The summed E-state index contributed by atoms with van der Waals surface area (Å²) in [6, 6.07) is 0.299. The summed E-state index contributed by atoms with van der Waals surface area (Å²) in [4.78, 5) is 12.3. The molecule has 0 aromatic carbocycles. The zero-order valence-electron chi connectivity index (χ0n) is 14.4. The molecule has 22 heavy (non-hydrogen) atoms. The normalized spacial score (nSPS) is 34.7. The molecule has 124 valence electrons. The summed E-state index contributed by atoms with van der Waals surface area (Å²) in [6.07, 6.45) is 12.9. The van der Waals surface area contributed by atoms with Crippen molar-refractivity contribution in [2.45, 2.75) is 84.6 Å². The van der Waals surface area contributed by atoms with Gasteiger partial charge in [-0.1, -0.05) is 52.9 Å². The number of ether oxygens (including phenoxy) is 1. The second-order valence-electron chi connectivity index (χ2n) is 8.31. The van der Waals surface area contributed by atoms with Crippen LogP contribution in [-0.2, 0) is 4.74 Å². The third-order valence-electron chi connectivity index (χ3n) is 6.83. The monoisotopic (exact) mass is 305 g/mol. The molecular formula is C19H31NO2. The van der Waals surface area contributed by atoms with Gasteiger partial charge >= 0.3 is 6.09 Å². The Morgan fingerprint density at radius 2 is 1.73 bits per heavy atom. The van der Waals surface area contributed by atoms with E-state index in [1.54, 1.807) is 0 Å². The Hall–Kier alpha value is -0.990. The van der Waals surface area contributed by atoms with Crippen molar-refractivity contribution < 1.29 is 9.53 Å². The van der Waals surface area contributed by atoms with Gasteiger partial charge in [0.25, 0.3) is 0 Å². The van der Waals surface area contributed by atoms with E-state index in [1.165, 1.54) is 38.5 Å². The van der Waals surface area contributed by atoms with Gasteiger partial charge in [-0.05, 0) is 43.1 Å². The van der Waals surface area contributed by atoms with Crippen LogP contribution in [0.15, 0.2) is 11.8 Å². The highest BCUT2D eigenvalue weighted by Gasteiger charge is 2.58. The van der Waals surface area contributed by atoms with Crippen LogP contribution in [0.5, 0.6) is 0 Å². The second kappa shape index (κ2) is 5.90. The first-order chi connectivity index (χ1) is 10.4. The summed E-state index contributed by atoms with van der Waals surface area (Å²) in [7, 11) is 0. The minimum Gasteiger partial charge on any atom is -0.415 e. The first-order valence-electron chi connectivity index (χ1n) is 9.14. The summed E-state index contributed by atoms with van der Waals surface area (Å²) in [5.74, 6) is 1.47. The average Bonchev–Trinajstić information content (AvgIpc) is 2.75. The van der Waals surface area contributed by atoms with E-state index in [2.05, 4.69) is 32.2 Å². The molecule has 2 bridgehead atoms. The number of fused-ring (bicyclic) bond motifs is 2. The SMILES string of the molecule is CC12CCC(C=C1OC(=O)NC1CCCCCCC1)C2(C)C. The molecule has 0 aromatic heterocycles. The van der Waals surface area contributed by atoms with Crippen molar-refractivity contribution in [3.05, 3.63) is 11.8 Å². The maximum absolute atomic E-state index is 12.3. The summed E-state index contributed by atoms with van der Waals surface area (Å²) in [6.45, 7) is 6.88. The Morgan fingerprint density at radius 3 is 2.27 bits per heavy atom. The third kappa shape index (κ3) is 2.68. The molecule has 3 heteroatoms. The minimum atomic E-state index is -0.235. The molecule has 1 amide bonds. The molecule has 2 atom stereocenters. The standard InChI is InChI=1S/C19H31NO2/c1-18(2)14-11-12-19(18,3)16(13-14)22-17(21)20-15-9-7-5-4-6-8-10-15/h13-15H,4-12H2,1-3H3,(H,20,21). The molecule has 3 rings (SSSR count). The van der Waals surface area contributed by atoms with Gasteiger partial charge < -0.3 is 10.1 Å². The van der Waals surface area contributed by atoms with E-state index in [-0.39, 0.29) is 16.9 Å². The Bertz CT molecular complexity index is 460. The van der Waals surface area contributed by atoms with E-state index in [1.807, 2.05) is 0 Å². The van der Waals surface area contributed by atoms with Crippen LogP contribution < -0.4 is 5.32 Å². The summed E-state index contributed by atoms with van der Waals surface area (Å²) in [5, 5.41) is 3.12. The van der Waals surface area contributed by atoms with Crippen LogP contribution in [0.25, 0.3) is 0 Å². The van der Waals surface area contributed by atoms with Gasteiger partial charge in [-0.2, -0.15) is 0 Å². The maximum atomic E-state index is 12.3. The number of carbonyl (C=O) groups is 1. The van der Waals surface area contributed by atoms with E-state index in [0.717, 1.165) is 25.0 Å². The Balaban J connectivity index is 1.57. The van der Waals surface area contributed by atoms with Gasteiger partial charge in [0.2, 0.25) is 0 Å². The first kappa shape index (κ1) is 15.9. The van der Waals surface area contributed by atoms with Crippen molar-refractivity contribution in [3.8, 4) is 0 Å². The third-order valence-corrected chi connectivity index (χ3v) is 6.83. The van der Waals surface area contributed by atoms with Crippen molar-refractivity contribution in [1.29, 1.82) is 0 Å². The van der Waals surface area contributed by atoms with Crippen LogP contribution in [0.4, 0.5) is 4.79 Å². The van der Waals surface area contributed by atoms with Crippen molar-refractivity contribution in [1.82, 2.24) is 5.32 Å². The summed E-state index contributed by atoms with van der Waals surface area (Å²) in [5.41, 5.74) is 0.235. The molecule has 2 unspecified atom stereocenters. The Morgan fingerprint density at radius 1 is 1.09 bits per heavy atom. The smallest absolute Gasteiger partial charge is 0.412 e. The zero-order valence-corrected chi connectivity index (χ0v) is 14.4. The van der Waals surface area contributed by atoms with Crippen LogP contribution in [0.1, 0.15) is 78.6 Å². The van der Waals surface area contributed by atoms with E-state index in [4.69, 9.17) is 4.74 Å². The molecule has 2 saturated carbocycles. The molecule has 0 spiro atoms. The molecule has 0 saturated heterocycles. The lowest BCUT2D eigenvalue weighted by atomic mass is 9.70. The van der Waals surface area contributed by atoms with Crippen LogP contribution in [0, 0.1) is 16.7 Å². The van der Waals surface area contributed by atoms with E-state index in [9.17, 15) is 4.79 Å². The number of hydrogen-bond acceptors (Lipinski definition) is 2. The summed E-state index contributed by atoms with van der Waals surface area (Å²) >= 11 is 0. The van der Waals surface area contributed by atoms with Crippen molar-refractivity contribution in [3.63, 3.8) is 0 Å². The van der Waals surface area contributed by atoms with E-state index < -0.39 is 0 Å². The quantitative estimate of drug-likeness (QED) is 0.764. The molecule has 0 aromatic rings. The lowest BCUT2D eigenvalue weighted by molar-refractivity contribution is 0.0969. The molecule has 3 aliphatic rings. The highest BCUT2D eigenvalue weighted by molar-refractivity contribution is 5.69. The van der Waals surface area contributed by atoms with Crippen molar-refractivity contribution in [2.75, 3.05) is 0 Å². The van der Waals surface area contributed by atoms with Gasteiger partial charge in [-0.15, -0.1) is 0 Å². The number of allylic oxidation sites excluding steroid dienone is 2. The lowest BCUT2D eigenvalue weighted by Crippen LogP contribution is -2.38. The van der Waals surface area contributed by atoms with Crippen LogP contribution in [-0.4, -0.2) is 12.1 Å². The number of hydrogen-bond donors (Lipinski definition) is 1. The fourth-order valence-electron chi connectivity index (χ4n) is 4.68. The molecule has 0 aliphatic heterocycles. The Kier molecular flexibility index (Phi) is 4.26. The number of nitrogens with one attached hydrogen (secondary N) is 1. The first-order valence-corrected chi connectivity index (χ1v) is 9.14.